The van der Waals surface area contributed by atoms with Crippen LogP contribution in [0.3, 0.4) is 0 Å². The van der Waals surface area contributed by atoms with Crippen LogP contribution in [0.4, 0.5) is 0 Å². The molecule has 1 aromatic rings. The maximum absolute atomic E-state index is 12.8. The van der Waals surface area contributed by atoms with Crippen LogP contribution < -0.4 is 4.74 Å². The summed E-state index contributed by atoms with van der Waals surface area (Å²) in [4.78, 5) is 17.0. The summed E-state index contributed by atoms with van der Waals surface area (Å²) in [5, 5.41) is 10.1. The van der Waals surface area contributed by atoms with Gasteiger partial charge in [-0.05, 0) is 37.5 Å². The Hall–Kier alpha value is -1.63. The Labute approximate surface area is 149 Å². The van der Waals surface area contributed by atoms with Crippen molar-refractivity contribution in [1.82, 2.24) is 9.80 Å². The minimum atomic E-state index is -0.205. The van der Waals surface area contributed by atoms with Crippen molar-refractivity contribution in [3.05, 3.63) is 29.8 Å². The average molecular weight is 348 g/mol. The molecule has 0 unspecified atom stereocenters. The number of aliphatic hydroxyl groups is 1. The van der Waals surface area contributed by atoms with Gasteiger partial charge in [0.25, 0.3) is 5.91 Å². The molecule has 0 radical (unpaired) electrons. The zero-order valence-electron chi connectivity index (χ0n) is 14.9. The van der Waals surface area contributed by atoms with Crippen LogP contribution in [-0.2, 0) is 4.74 Å². The van der Waals surface area contributed by atoms with Gasteiger partial charge in [0, 0.05) is 44.9 Å². The van der Waals surface area contributed by atoms with Crippen LogP contribution in [0.2, 0.25) is 0 Å². The third kappa shape index (κ3) is 4.51. The highest BCUT2D eigenvalue weighted by atomic mass is 16.5. The number of carbonyl (C=O) groups is 1. The first-order chi connectivity index (χ1) is 12.2. The quantitative estimate of drug-likeness (QED) is 0.787. The fourth-order valence-corrected chi connectivity index (χ4v) is 3.75. The van der Waals surface area contributed by atoms with Crippen molar-refractivity contribution in [3.63, 3.8) is 0 Å². The van der Waals surface area contributed by atoms with E-state index >= 15 is 0 Å². The lowest BCUT2D eigenvalue weighted by atomic mass is 10.1. The van der Waals surface area contributed by atoms with E-state index in [1.807, 2.05) is 23.1 Å². The van der Waals surface area contributed by atoms with E-state index in [0.717, 1.165) is 32.4 Å². The van der Waals surface area contributed by atoms with Gasteiger partial charge in [0.2, 0.25) is 0 Å². The number of carbonyl (C=O) groups excluding carboxylic acids is 1. The van der Waals surface area contributed by atoms with Gasteiger partial charge in [-0.25, -0.2) is 0 Å². The molecule has 1 aliphatic carbocycles. The van der Waals surface area contributed by atoms with Gasteiger partial charge >= 0.3 is 0 Å². The zero-order valence-corrected chi connectivity index (χ0v) is 14.9. The first-order valence-electron chi connectivity index (χ1n) is 9.12. The summed E-state index contributed by atoms with van der Waals surface area (Å²) in [6.45, 7) is 4.06. The topological polar surface area (TPSA) is 62.2 Å². The number of benzene rings is 1. The van der Waals surface area contributed by atoms with Crippen LogP contribution >= 0.6 is 0 Å². The number of piperazine rings is 1. The maximum Gasteiger partial charge on any atom is 0.254 e. The van der Waals surface area contributed by atoms with Crippen LogP contribution in [0.1, 0.15) is 29.6 Å². The number of rotatable bonds is 6. The number of hydrogen-bond acceptors (Lipinski definition) is 5. The lowest BCUT2D eigenvalue weighted by Gasteiger charge is -2.39. The van der Waals surface area contributed by atoms with Crippen molar-refractivity contribution >= 4 is 5.91 Å². The van der Waals surface area contributed by atoms with E-state index in [-0.39, 0.29) is 18.1 Å². The van der Waals surface area contributed by atoms with Gasteiger partial charge in [-0.15, -0.1) is 0 Å². The van der Waals surface area contributed by atoms with Crippen molar-refractivity contribution < 1.29 is 19.4 Å². The van der Waals surface area contributed by atoms with E-state index in [2.05, 4.69) is 4.90 Å². The molecule has 0 aromatic heterocycles. The van der Waals surface area contributed by atoms with E-state index in [9.17, 15) is 9.90 Å². The number of aliphatic hydroxyl groups excluding tert-OH is 1. The number of nitrogens with zero attached hydrogens (tertiary/aromatic N) is 2. The fraction of sp³-hybridized carbons (Fsp3) is 0.632. The first kappa shape index (κ1) is 18.2. The molecular weight excluding hydrogens is 320 g/mol. The van der Waals surface area contributed by atoms with Crippen LogP contribution in [0, 0.1) is 0 Å². The van der Waals surface area contributed by atoms with Crippen LogP contribution in [0.5, 0.6) is 5.75 Å². The molecule has 1 aromatic carbocycles. The predicted octanol–water partition coefficient (Wildman–Crippen LogP) is 1.38. The van der Waals surface area contributed by atoms with Crippen molar-refractivity contribution in [2.45, 2.75) is 31.4 Å². The second-order valence-electron chi connectivity index (χ2n) is 6.76. The highest BCUT2D eigenvalue weighted by Crippen LogP contribution is 2.25. The lowest BCUT2D eigenvalue weighted by molar-refractivity contribution is 0.0315. The second kappa shape index (κ2) is 8.65. The minimum absolute atomic E-state index is 0.0452. The Morgan fingerprint density at radius 2 is 2.00 bits per heavy atom. The van der Waals surface area contributed by atoms with Crippen LogP contribution in [0.25, 0.3) is 0 Å². The van der Waals surface area contributed by atoms with E-state index in [0.29, 0.717) is 37.6 Å². The monoisotopic (exact) mass is 348 g/mol. The number of ether oxygens (including phenoxy) is 2. The Morgan fingerprint density at radius 1 is 1.20 bits per heavy atom. The molecular formula is C19H28N2O4. The van der Waals surface area contributed by atoms with Gasteiger partial charge < -0.3 is 19.5 Å². The lowest BCUT2D eigenvalue weighted by Crippen LogP contribution is -2.53. The van der Waals surface area contributed by atoms with Crippen molar-refractivity contribution in [3.8, 4) is 5.75 Å². The Kier molecular flexibility index (Phi) is 6.29. The smallest absolute Gasteiger partial charge is 0.254 e. The van der Waals surface area contributed by atoms with Crippen molar-refractivity contribution in [1.29, 1.82) is 0 Å². The highest BCUT2D eigenvalue weighted by Gasteiger charge is 2.33. The molecule has 1 aliphatic heterocycles. The van der Waals surface area contributed by atoms with E-state index in [4.69, 9.17) is 9.47 Å². The van der Waals surface area contributed by atoms with Gasteiger partial charge in [-0.2, -0.15) is 0 Å². The summed E-state index contributed by atoms with van der Waals surface area (Å²) in [7, 11) is 1.63. The zero-order chi connectivity index (χ0) is 17.6. The second-order valence-corrected chi connectivity index (χ2v) is 6.76. The number of amides is 1. The van der Waals surface area contributed by atoms with Crippen molar-refractivity contribution in [2.24, 2.45) is 0 Å². The molecule has 6 nitrogen and oxygen atoms in total. The Bertz CT molecular complexity index is 572. The largest absolute Gasteiger partial charge is 0.491 e. The molecule has 3 rings (SSSR count). The van der Waals surface area contributed by atoms with E-state index in [1.165, 1.54) is 0 Å². The van der Waals surface area contributed by atoms with E-state index < -0.39 is 0 Å². The molecule has 2 aliphatic rings. The maximum atomic E-state index is 12.8. The Balaban J connectivity index is 1.54. The summed E-state index contributed by atoms with van der Waals surface area (Å²) >= 11 is 0. The highest BCUT2D eigenvalue weighted by molar-refractivity contribution is 5.94. The SMILES string of the molecule is COCCOc1cccc(C(=O)N2CCN([C@@H]3CCC[C@@H]3O)CC2)c1. The van der Waals surface area contributed by atoms with Gasteiger partial charge in [-0.3, -0.25) is 9.69 Å². The molecule has 25 heavy (non-hydrogen) atoms. The number of hydrogen-bond donors (Lipinski definition) is 1. The standard InChI is InChI=1S/C19H28N2O4/c1-24-12-13-25-16-5-2-4-15(14-16)19(23)21-10-8-20(9-11-21)17-6-3-7-18(17)22/h2,4-5,14,17-18,22H,3,6-13H2,1H3/t17-,18+/m1/s1. The normalized spacial score (nSPS) is 24.5. The third-order valence-electron chi connectivity index (χ3n) is 5.15. The van der Waals surface area contributed by atoms with Crippen LogP contribution in [0.15, 0.2) is 24.3 Å². The summed E-state index contributed by atoms with van der Waals surface area (Å²) in [5.41, 5.74) is 0.657. The van der Waals surface area contributed by atoms with Gasteiger partial charge in [0.1, 0.15) is 12.4 Å². The molecule has 138 valence electrons. The molecule has 1 N–H and O–H groups in total. The Morgan fingerprint density at radius 3 is 2.68 bits per heavy atom. The molecule has 6 heteroatoms. The summed E-state index contributed by atoms with van der Waals surface area (Å²) in [5.74, 6) is 0.736. The molecule has 2 fully saturated rings. The molecule has 1 heterocycles. The molecule has 0 bridgehead atoms. The minimum Gasteiger partial charge on any atom is -0.491 e. The van der Waals surface area contributed by atoms with E-state index in [1.54, 1.807) is 13.2 Å². The first-order valence-corrected chi connectivity index (χ1v) is 9.12. The third-order valence-corrected chi connectivity index (χ3v) is 5.15. The number of methoxy groups -OCH3 is 1. The molecule has 1 saturated heterocycles. The summed E-state index contributed by atoms with van der Waals surface area (Å²) in [6.07, 6.45) is 2.86. The summed E-state index contributed by atoms with van der Waals surface area (Å²) < 4.78 is 10.6. The molecule has 2 atom stereocenters. The van der Waals surface area contributed by atoms with Gasteiger partial charge in [0.15, 0.2) is 0 Å². The molecule has 0 spiro atoms. The summed E-state index contributed by atoms with van der Waals surface area (Å²) in [6, 6.07) is 7.60. The van der Waals surface area contributed by atoms with Crippen LogP contribution in [-0.4, -0.2) is 79.5 Å². The molecule has 1 saturated carbocycles. The van der Waals surface area contributed by atoms with Crippen molar-refractivity contribution in [2.75, 3.05) is 46.5 Å². The fourth-order valence-electron chi connectivity index (χ4n) is 3.75. The predicted molar refractivity (Wildman–Crippen MR) is 94.9 cm³/mol. The average Bonchev–Trinajstić information content (AvgIpc) is 3.08. The molecule has 1 amide bonds. The van der Waals surface area contributed by atoms with Gasteiger partial charge in [0.05, 0.1) is 12.7 Å². The van der Waals surface area contributed by atoms with Gasteiger partial charge in [-0.1, -0.05) is 6.07 Å².